The minimum absolute atomic E-state index is 0. The quantitative estimate of drug-likeness (QED) is 0.0531. The smallest absolute Gasteiger partial charge is 0.550 e. The Kier molecular flexibility index (Phi) is 21.9. The summed E-state index contributed by atoms with van der Waals surface area (Å²) in [6.45, 7) is 27.4. The monoisotopic (exact) mass is 1210 g/mol. The number of aromatic hydroxyl groups is 2. The maximum Gasteiger partial charge on any atom is 1.00 e. The average Bonchev–Trinajstić information content (AvgIpc) is 1.22. The molecule has 1 aromatic heterocycles. The van der Waals surface area contributed by atoms with Crippen molar-refractivity contribution in [2.75, 3.05) is 7.11 Å². The number of phenolic OH excluding ortho intramolecular Hbond substituents is 1. The van der Waals surface area contributed by atoms with Crippen molar-refractivity contribution in [3.8, 4) is 34.1 Å². The number of benzene rings is 2. The molecule has 6 aliphatic heterocycles. The van der Waals surface area contributed by atoms with Crippen molar-refractivity contribution in [2.24, 2.45) is 41.4 Å². The maximum absolute atomic E-state index is 14.4. The zero-order valence-corrected chi connectivity index (χ0v) is 55.7. The molecular weight excluding hydrogens is 1110 g/mol. The number of aliphatic carboxylic acids is 1. The van der Waals surface area contributed by atoms with Crippen molar-refractivity contribution >= 4 is 28.8 Å². The molecule has 470 valence electrons. The van der Waals surface area contributed by atoms with Gasteiger partial charge in [0.05, 0.1) is 60.5 Å². The van der Waals surface area contributed by atoms with Crippen LogP contribution in [0.2, 0.25) is 0 Å². The number of carbonyl (C=O) groups excluding carboxylic acids is 2. The van der Waals surface area contributed by atoms with E-state index in [1.807, 2.05) is 81.4 Å². The van der Waals surface area contributed by atoms with Crippen LogP contribution in [-0.2, 0) is 39.7 Å². The number of ether oxygens (including phenoxy) is 7. The number of hydrogen-bond acceptors (Lipinski definition) is 17. The second kappa shape index (κ2) is 27.2. The van der Waals surface area contributed by atoms with E-state index in [2.05, 4.69) is 26.8 Å². The van der Waals surface area contributed by atoms with Crippen LogP contribution in [0.4, 0.5) is 0 Å². The Balaban J connectivity index is 0.000000273. The minimum Gasteiger partial charge on any atom is -0.550 e. The molecule has 5 N–H and O–H groups in total. The Bertz CT molecular complexity index is 3060. The number of Topliss-reactive ketones (excluding diaryl/α,β-unsaturated/α-hetero) is 1. The number of carbonyl (C=O) groups is 2. The Morgan fingerprint density at radius 1 is 0.884 bits per heavy atom. The van der Waals surface area contributed by atoms with Crippen molar-refractivity contribution in [1.29, 1.82) is 0 Å². The molecule has 0 bridgehead atoms. The number of allylic oxidation sites excluding steroid dienone is 2. The van der Waals surface area contributed by atoms with Gasteiger partial charge < -0.3 is 73.0 Å². The van der Waals surface area contributed by atoms with E-state index in [1.165, 1.54) is 19.2 Å². The molecule has 18 heteroatoms. The van der Waals surface area contributed by atoms with Crippen molar-refractivity contribution in [3.63, 3.8) is 0 Å². The molecule has 2 spiro atoms. The normalized spacial score (nSPS) is 33.7. The average molecular weight is 1210 g/mol. The van der Waals surface area contributed by atoms with Crippen LogP contribution in [0.25, 0.3) is 28.2 Å². The van der Waals surface area contributed by atoms with Crippen LogP contribution in [0, 0.1) is 41.4 Å². The van der Waals surface area contributed by atoms with Gasteiger partial charge in [0, 0.05) is 47.5 Å². The molecule has 4 saturated heterocycles. The van der Waals surface area contributed by atoms with E-state index in [1.54, 1.807) is 31.2 Å². The number of carboxylic acid groups (broad SMARTS) is 1. The van der Waals surface area contributed by atoms with E-state index in [0.717, 1.165) is 17.6 Å². The van der Waals surface area contributed by atoms with Gasteiger partial charge in [0.25, 0.3) is 0 Å². The first-order valence-electron chi connectivity index (χ1n) is 31.1. The standard InChI is InChI=1S/C42H70O11.C26H26O6.Na/c1-11-29(38(46)47)31-15-14-23(4)36(50-31)27(8)34(44)26(7)35(45)30(12-2)37-24(5)22-25(6)41(51-37)19-16-32(43)42(53-41)21-20-39(10,52-42)33-17-18-40(48,13-3)28(9)49-33;1-14(2)6-11-17-22-18(12-13-26(3,4)32-22)24-20(23(17)30-5)21(28)19(25(29)31-24)15-7-9-16(27)10-8-15;/h16,19,23-34,36-37,43-44,48H,11-15,17-18,20-22H2,1-10H3,(H,46,47);6-10,12-13,27-28H,11H2,1-5H3;/q;;+1/p-1. The molecule has 0 radical (unpaired) electrons. The second-order valence-corrected chi connectivity index (χ2v) is 26.5. The molecule has 18 unspecified atom stereocenters. The fourth-order valence-corrected chi connectivity index (χ4v) is 14.4. The fourth-order valence-electron chi connectivity index (χ4n) is 14.4. The van der Waals surface area contributed by atoms with E-state index >= 15 is 0 Å². The van der Waals surface area contributed by atoms with Gasteiger partial charge in [-0.1, -0.05) is 79.2 Å². The summed E-state index contributed by atoms with van der Waals surface area (Å²) in [6, 6.07) is 5.99. The van der Waals surface area contributed by atoms with Gasteiger partial charge in [-0.3, -0.25) is 4.79 Å². The first kappa shape index (κ1) is 69.4. The number of phenols is 1. The van der Waals surface area contributed by atoms with Gasteiger partial charge in [-0.05, 0) is 160 Å². The second-order valence-electron chi connectivity index (χ2n) is 26.5. The third-order valence-corrected chi connectivity index (χ3v) is 19.9. The topological polar surface area (TPSA) is 253 Å². The Labute approximate surface area is 530 Å². The molecule has 86 heavy (non-hydrogen) atoms. The predicted octanol–water partition coefficient (Wildman–Crippen LogP) is 7.43. The fraction of sp³-hybridized carbons (Fsp3) is 0.662. The van der Waals surface area contributed by atoms with Gasteiger partial charge in [-0.15, -0.1) is 0 Å². The number of fused-ring (bicyclic) bond motifs is 3. The molecule has 17 nitrogen and oxygen atoms in total. The van der Waals surface area contributed by atoms with Crippen LogP contribution in [0.15, 0.2) is 63.4 Å². The molecule has 7 heterocycles. The van der Waals surface area contributed by atoms with Crippen molar-refractivity contribution in [3.05, 3.63) is 75.7 Å². The number of hydrogen-bond donors (Lipinski definition) is 5. The number of methoxy groups -OCH3 is 1. The zero-order chi connectivity index (χ0) is 62.5. The number of rotatable bonds is 16. The van der Waals surface area contributed by atoms with Crippen LogP contribution >= 0.6 is 0 Å². The number of aliphatic hydroxyl groups is 3. The molecule has 9 rings (SSSR count). The van der Waals surface area contributed by atoms with E-state index in [0.29, 0.717) is 92.2 Å². The summed E-state index contributed by atoms with van der Waals surface area (Å²) in [5, 5.41) is 67.2. The number of carboxylic acids is 1. The third-order valence-electron chi connectivity index (χ3n) is 19.9. The van der Waals surface area contributed by atoms with Crippen molar-refractivity contribution in [1.82, 2.24) is 0 Å². The van der Waals surface area contributed by atoms with E-state index in [9.17, 15) is 45.0 Å². The van der Waals surface area contributed by atoms with Crippen LogP contribution in [0.1, 0.15) is 172 Å². The first-order valence-corrected chi connectivity index (χ1v) is 31.1. The van der Waals surface area contributed by atoms with Crippen LogP contribution in [0.5, 0.6) is 23.0 Å². The van der Waals surface area contributed by atoms with Crippen LogP contribution in [0.3, 0.4) is 0 Å². The van der Waals surface area contributed by atoms with E-state index in [4.69, 9.17) is 37.6 Å². The predicted molar refractivity (Wildman–Crippen MR) is 321 cm³/mol. The molecule has 2 aromatic carbocycles. The summed E-state index contributed by atoms with van der Waals surface area (Å²) >= 11 is 0. The summed E-state index contributed by atoms with van der Waals surface area (Å²) in [4.78, 5) is 39.2. The van der Waals surface area contributed by atoms with Crippen LogP contribution in [-0.4, -0.2) is 116 Å². The summed E-state index contributed by atoms with van der Waals surface area (Å²) in [7, 11) is 1.52. The van der Waals surface area contributed by atoms with Gasteiger partial charge in [-0.25, -0.2) is 4.79 Å². The SMILES string of the molecule is CCC(C(=O)[O-])C1CCC(C)C(C(C)C(O)C(C)C(=O)C(CC)C2OC3(C=CC(O)C4(CCC(C)(C5CCC(O)(CC)C(C)O5)O4)O3)C(C)CC2C)O1.COc1c(CC=C(C)C)c2c(c3oc(=O)c(-c4ccc(O)cc4)c(O)c13)C=CC(C)(C)O2.[Na+]. The molecule has 0 amide bonds. The van der Waals surface area contributed by atoms with Gasteiger partial charge in [-0.2, -0.15) is 0 Å². The zero-order valence-electron chi connectivity index (χ0n) is 53.7. The van der Waals surface area contributed by atoms with Gasteiger partial charge in [0.15, 0.2) is 11.4 Å². The minimum atomic E-state index is -1.37. The maximum atomic E-state index is 14.4. The summed E-state index contributed by atoms with van der Waals surface area (Å²) in [5.74, 6) is -5.46. The molecule has 0 saturated carbocycles. The molecule has 4 fully saturated rings. The van der Waals surface area contributed by atoms with Crippen molar-refractivity contribution < 1.29 is 107 Å². The molecule has 6 aliphatic rings. The van der Waals surface area contributed by atoms with Gasteiger partial charge in [0.2, 0.25) is 5.79 Å². The van der Waals surface area contributed by atoms with E-state index in [-0.39, 0.29) is 87.9 Å². The van der Waals surface area contributed by atoms with Crippen molar-refractivity contribution in [2.45, 2.75) is 239 Å². The largest absolute Gasteiger partial charge is 1.00 e. The number of aliphatic hydroxyl groups excluding tert-OH is 2. The Hall–Kier alpha value is -4.11. The first-order chi connectivity index (χ1) is 39.9. The number of ketones is 1. The summed E-state index contributed by atoms with van der Waals surface area (Å²) in [6.07, 6.45) is 11.5. The van der Waals surface area contributed by atoms with Crippen LogP contribution < -0.4 is 49.8 Å². The molecule has 18 atom stereocenters. The van der Waals surface area contributed by atoms with E-state index < -0.39 is 94.2 Å². The molecule has 0 aliphatic carbocycles. The Morgan fingerprint density at radius 2 is 1.56 bits per heavy atom. The summed E-state index contributed by atoms with van der Waals surface area (Å²) in [5.41, 5.74) is 0.216. The third kappa shape index (κ3) is 13.5. The molecule has 3 aromatic rings. The van der Waals surface area contributed by atoms with Gasteiger partial charge in [0.1, 0.15) is 51.4 Å². The van der Waals surface area contributed by atoms with Gasteiger partial charge >= 0.3 is 35.2 Å². The molecular formula is C68H95NaO17. The summed E-state index contributed by atoms with van der Waals surface area (Å²) < 4.78 is 51.2. The Morgan fingerprint density at radius 3 is 2.16 bits per heavy atom.